The molecule has 0 bridgehead atoms. The summed E-state index contributed by atoms with van der Waals surface area (Å²) in [6.45, 7) is 5.74. The molecule has 0 unspecified atom stereocenters. The summed E-state index contributed by atoms with van der Waals surface area (Å²) < 4.78 is 0. The molecule has 4 heteroatoms. The molecule has 0 saturated heterocycles. The molecule has 0 atom stereocenters. The van der Waals surface area contributed by atoms with E-state index >= 15 is 0 Å². The zero-order chi connectivity index (χ0) is 15.4. The second kappa shape index (κ2) is 6.22. The number of carbonyl (C=O) groups excluding carboxylic acids is 2. The smallest absolute Gasteiger partial charge is 0.267 e. The summed E-state index contributed by atoms with van der Waals surface area (Å²) in [5, 5.41) is 0. The Balaban J connectivity index is 2.02. The summed E-state index contributed by atoms with van der Waals surface area (Å²) >= 11 is 0. The lowest BCUT2D eigenvalue weighted by Gasteiger charge is -2.10. The van der Waals surface area contributed by atoms with Crippen molar-refractivity contribution in [1.82, 2.24) is 10.9 Å². The molecule has 0 aromatic heterocycles. The summed E-state index contributed by atoms with van der Waals surface area (Å²) in [7, 11) is 0. The van der Waals surface area contributed by atoms with E-state index in [2.05, 4.69) is 10.9 Å². The summed E-state index contributed by atoms with van der Waals surface area (Å²) in [5.74, 6) is -0.662. The van der Waals surface area contributed by atoms with Crippen LogP contribution in [0, 0.1) is 20.8 Å². The van der Waals surface area contributed by atoms with E-state index in [0.717, 1.165) is 16.7 Å². The van der Waals surface area contributed by atoms with Crippen LogP contribution in [-0.4, -0.2) is 11.8 Å². The Morgan fingerprint density at radius 3 is 2.14 bits per heavy atom. The van der Waals surface area contributed by atoms with Crippen molar-refractivity contribution in [2.45, 2.75) is 20.8 Å². The second-order valence-corrected chi connectivity index (χ2v) is 5.10. The van der Waals surface area contributed by atoms with Crippen molar-refractivity contribution >= 4 is 11.8 Å². The Bertz CT molecular complexity index is 693. The van der Waals surface area contributed by atoms with Gasteiger partial charge in [-0.1, -0.05) is 35.4 Å². The van der Waals surface area contributed by atoms with E-state index in [1.165, 1.54) is 0 Å². The fourth-order valence-corrected chi connectivity index (χ4v) is 2.11. The van der Waals surface area contributed by atoms with Crippen molar-refractivity contribution in [2.24, 2.45) is 0 Å². The highest BCUT2D eigenvalue weighted by Gasteiger charge is 2.11. The van der Waals surface area contributed by atoms with Crippen LogP contribution < -0.4 is 10.9 Å². The molecule has 0 fully saturated rings. The Morgan fingerprint density at radius 1 is 0.810 bits per heavy atom. The number of hydrogen-bond donors (Lipinski definition) is 2. The van der Waals surface area contributed by atoms with Crippen LogP contribution >= 0.6 is 0 Å². The predicted molar refractivity (Wildman–Crippen MR) is 82.0 cm³/mol. The van der Waals surface area contributed by atoms with Crippen LogP contribution in [0.2, 0.25) is 0 Å². The minimum absolute atomic E-state index is 0.325. The topological polar surface area (TPSA) is 58.2 Å². The van der Waals surface area contributed by atoms with Crippen molar-refractivity contribution < 1.29 is 9.59 Å². The molecule has 0 radical (unpaired) electrons. The van der Waals surface area contributed by atoms with Gasteiger partial charge in [-0.2, -0.15) is 0 Å². The molecular formula is C17H18N2O2. The number of nitrogens with one attached hydrogen (secondary N) is 2. The highest BCUT2D eigenvalue weighted by atomic mass is 16.2. The number of hydrazine groups is 1. The molecule has 21 heavy (non-hydrogen) atoms. The molecule has 0 spiro atoms. The number of benzene rings is 2. The van der Waals surface area contributed by atoms with Crippen LogP contribution in [-0.2, 0) is 0 Å². The summed E-state index contributed by atoms with van der Waals surface area (Å²) in [6, 6.07) is 12.7. The Kier molecular flexibility index (Phi) is 4.38. The number of amides is 2. The maximum Gasteiger partial charge on any atom is 0.269 e. The maximum atomic E-state index is 12.1. The Hall–Kier alpha value is -2.62. The fourth-order valence-electron chi connectivity index (χ4n) is 2.11. The van der Waals surface area contributed by atoms with Gasteiger partial charge in [-0.05, 0) is 44.5 Å². The Labute approximate surface area is 124 Å². The third-order valence-corrected chi connectivity index (χ3v) is 3.20. The molecular weight excluding hydrogens is 264 g/mol. The number of rotatable bonds is 2. The fraction of sp³-hybridized carbons (Fsp3) is 0.176. The van der Waals surface area contributed by atoms with Crippen LogP contribution in [0.4, 0.5) is 0 Å². The molecule has 0 aliphatic rings. The van der Waals surface area contributed by atoms with Gasteiger partial charge in [-0.3, -0.25) is 20.4 Å². The molecule has 2 aromatic carbocycles. The lowest BCUT2D eigenvalue weighted by molar-refractivity contribution is 0.0846. The first-order valence-electron chi connectivity index (χ1n) is 6.72. The van der Waals surface area contributed by atoms with Crippen molar-refractivity contribution in [3.8, 4) is 0 Å². The van der Waals surface area contributed by atoms with Crippen LogP contribution in [0.3, 0.4) is 0 Å². The minimum atomic E-state index is -0.336. The zero-order valence-electron chi connectivity index (χ0n) is 12.4. The Morgan fingerprint density at radius 2 is 1.48 bits per heavy atom. The van der Waals surface area contributed by atoms with Gasteiger partial charge in [-0.15, -0.1) is 0 Å². The van der Waals surface area contributed by atoms with E-state index in [1.807, 2.05) is 39.0 Å². The normalized spacial score (nSPS) is 10.0. The molecule has 2 aromatic rings. The molecule has 2 rings (SSSR count). The van der Waals surface area contributed by atoms with Crippen molar-refractivity contribution in [3.63, 3.8) is 0 Å². The van der Waals surface area contributed by atoms with E-state index in [-0.39, 0.29) is 11.8 Å². The number of aryl methyl sites for hydroxylation is 3. The highest BCUT2D eigenvalue weighted by Crippen LogP contribution is 2.10. The average Bonchev–Trinajstić information content (AvgIpc) is 2.44. The van der Waals surface area contributed by atoms with Gasteiger partial charge >= 0.3 is 0 Å². The minimum Gasteiger partial charge on any atom is -0.267 e. The first-order chi connectivity index (χ1) is 9.97. The van der Waals surface area contributed by atoms with E-state index in [9.17, 15) is 9.59 Å². The van der Waals surface area contributed by atoms with Gasteiger partial charge in [0.05, 0.1) is 0 Å². The third-order valence-electron chi connectivity index (χ3n) is 3.20. The maximum absolute atomic E-state index is 12.1. The van der Waals surface area contributed by atoms with Crippen LogP contribution in [0.25, 0.3) is 0 Å². The van der Waals surface area contributed by atoms with Gasteiger partial charge < -0.3 is 0 Å². The van der Waals surface area contributed by atoms with Crippen LogP contribution in [0.15, 0.2) is 42.5 Å². The predicted octanol–water partition coefficient (Wildman–Crippen LogP) is 2.69. The van der Waals surface area contributed by atoms with E-state index in [0.29, 0.717) is 11.1 Å². The SMILES string of the molecule is Cc1cccc(C(=O)NNC(=O)c2ccc(C)cc2C)c1. The lowest BCUT2D eigenvalue weighted by Crippen LogP contribution is -2.41. The average molecular weight is 282 g/mol. The first kappa shape index (κ1) is 14.8. The monoisotopic (exact) mass is 282 g/mol. The van der Waals surface area contributed by atoms with Crippen LogP contribution in [0.5, 0.6) is 0 Å². The molecule has 0 heterocycles. The summed E-state index contributed by atoms with van der Waals surface area (Å²) in [5.41, 5.74) is 8.88. The largest absolute Gasteiger partial charge is 0.269 e. The van der Waals surface area contributed by atoms with Gasteiger partial charge in [0.1, 0.15) is 0 Å². The third kappa shape index (κ3) is 3.69. The van der Waals surface area contributed by atoms with E-state index < -0.39 is 0 Å². The van der Waals surface area contributed by atoms with Gasteiger partial charge in [0.15, 0.2) is 0 Å². The molecule has 2 N–H and O–H groups in total. The van der Waals surface area contributed by atoms with Crippen LogP contribution in [0.1, 0.15) is 37.4 Å². The molecule has 0 aliphatic carbocycles. The molecule has 108 valence electrons. The van der Waals surface area contributed by atoms with E-state index in [4.69, 9.17) is 0 Å². The van der Waals surface area contributed by atoms with Crippen molar-refractivity contribution in [1.29, 1.82) is 0 Å². The molecule has 0 saturated carbocycles. The second-order valence-electron chi connectivity index (χ2n) is 5.10. The van der Waals surface area contributed by atoms with Crippen molar-refractivity contribution in [2.75, 3.05) is 0 Å². The number of carbonyl (C=O) groups is 2. The number of hydrogen-bond acceptors (Lipinski definition) is 2. The van der Waals surface area contributed by atoms with Gasteiger partial charge in [0.2, 0.25) is 0 Å². The summed E-state index contributed by atoms with van der Waals surface area (Å²) in [4.78, 5) is 24.0. The molecule has 2 amide bonds. The quantitative estimate of drug-likeness (QED) is 0.832. The highest BCUT2D eigenvalue weighted by molar-refractivity contribution is 5.99. The van der Waals surface area contributed by atoms with Gasteiger partial charge in [0.25, 0.3) is 11.8 Å². The van der Waals surface area contributed by atoms with Crippen molar-refractivity contribution in [3.05, 3.63) is 70.3 Å². The standard InChI is InChI=1S/C17H18N2O2/c1-11-5-4-6-14(10-11)16(20)18-19-17(21)15-8-7-12(2)9-13(15)3/h4-10H,1-3H3,(H,18,20)(H,19,21). The molecule has 4 nitrogen and oxygen atoms in total. The lowest BCUT2D eigenvalue weighted by atomic mass is 10.1. The summed E-state index contributed by atoms with van der Waals surface area (Å²) in [6.07, 6.45) is 0. The molecule has 0 aliphatic heterocycles. The van der Waals surface area contributed by atoms with E-state index in [1.54, 1.807) is 24.3 Å². The first-order valence-corrected chi connectivity index (χ1v) is 6.72. The van der Waals surface area contributed by atoms with Gasteiger partial charge in [-0.25, -0.2) is 0 Å². The van der Waals surface area contributed by atoms with Gasteiger partial charge in [0, 0.05) is 11.1 Å². The zero-order valence-corrected chi connectivity index (χ0v) is 12.4.